The molecule has 0 radical (unpaired) electrons. The molecule has 1 N–H and O–H groups in total. The van der Waals surface area contributed by atoms with E-state index in [1.807, 2.05) is 42.5 Å². The molecule has 168 valence electrons. The Morgan fingerprint density at radius 2 is 1.61 bits per heavy atom. The largest absolute Gasteiger partial charge is 0.493 e. The van der Waals surface area contributed by atoms with Crippen molar-refractivity contribution < 1.29 is 19.0 Å². The number of fused-ring (bicyclic) bond motifs is 1. The fourth-order valence-corrected chi connectivity index (χ4v) is 3.53. The Hall–Kier alpha value is -3.77. The van der Waals surface area contributed by atoms with Gasteiger partial charge in [-0.2, -0.15) is 0 Å². The Kier molecular flexibility index (Phi) is 6.95. The molecule has 0 saturated heterocycles. The molecular formula is C26H23ClN2O4. The average molecular weight is 463 g/mol. The number of carbonyl (C=O) groups excluding carboxylic acids is 1. The molecule has 0 aliphatic rings. The zero-order valence-electron chi connectivity index (χ0n) is 18.3. The van der Waals surface area contributed by atoms with Gasteiger partial charge in [-0.3, -0.25) is 9.78 Å². The number of rotatable bonds is 8. The molecule has 0 aliphatic carbocycles. The molecule has 0 aliphatic heterocycles. The van der Waals surface area contributed by atoms with Crippen molar-refractivity contribution in [2.45, 2.75) is 12.8 Å². The van der Waals surface area contributed by atoms with E-state index in [1.165, 1.54) is 0 Å². The van der Waals surface area contributed by atoms with Gasteiger partial charge in [-0.05, 0) is 60.5 Å². The molecule has 0 atom stereocenters. The lowest BCUT2D eigenvalue weighted by molar-refractivity contribution is -0.116. The van der Waals surface area contributed by atoms with Crippen molar-refractivity contribution in [3.05, 3.63) is 83.5 Å². The molecule has 4 rings (SSSR count). The number of hydrogen-bond acceptors (Lipinski definition) is 5. The molecule has 6 nitrogen and oxygen atoms in total. The Labute approximate surface area is 197 Å². The van der Waals surface area contributed by atoms with E-state index in [0.717, 1.165) is 22.2 Å². The van der Waals surface area contributed by atoms with Gasteiger partial charge < -0.3 is 19.5 Å². The van der Waals surface area contributed by atoms with Crippen LogP contribution in [0.1, 0.15) is 12.0 Å². The summed E-state index contributed by atoms with van der Waals surface area (Å²) >= 11 is 5.87. The Bertz CT molecular complexity index is 1260. The maximum atomic E-state index is 12.2. The van der Waals surface area contributed by atoms with Gasteiger partial charge in [-0.1, -0.05) is 23.7 Å². The monoisotopic (exact) mass is 462 g/mol. The molecule has 1 amide bonds. The third kappa shape index (κ3) is 5.54. The van der Waals surface area contributed by atoms with Gasteiger partial charge in [0.05, 0.1) is 19.7 Å². The standard InChI is InChI=1S/C26H23ClN2O4/c1-31-24-15-21-22(16-25(24)32-2)28-14-13-23(21)33-20-10-3-17(4-11-20)5-12-26(30)29-19-8-6-18(27)7-9-19/h3-4,6-11,13-16H,5,12H2,1-2H3,(H,29,30). The first-order valence-corrected chi connectivity index (χ1v) is 10.8. The number of anilines is 1. The summed E-state index contributed by atoms with van der Waals surface area (Å²) in [6.07, 6.45) is 2.69. The van der Waals surface area contributed by atoms with Crippen LogP contribution in [-0.2, 0) is 11.2 Å². The lowest BCUT2D eigenvalue weighted by Gasteiger charge is -2.12. The molecule has 0 spiro atoms. The van der Waals surface area contributed by atoms with Gasteiger partial charge in [-0.15, -0.1) is 0 Å². The second-order valence-corrected chi connectivity index (χ2v) is 7.77. The third-order valence-corrected chi connectivity index (χ3v) is 5.38. The fraction of sp³-hybridized carbons (Fsp3) is 0.154. The van der Waals surface area contributed by atoms with E-state index in [9.17, 15) is 4.79 Å². The number of benzene rings is 3. The van der Waals surface area contributed by atoms with Crippen molar-refractivity contribution >= 4 is 34.1 Å². The Morgan fingerprint density at radius 1 is 0.909 bits per heavy atom. The number of methoxy groups -OCH3 is 2. The highest BCUT2D eigenvalue weighted by molar-refractivity contribution is 6.30. The van der Waals surface area contributed by atoms with Crippen molar-refractivity contribution in [3.63, 3.8) is 0 Å². The predicted molar refractivity (Wildman–Crippen MR) is 130 cm³/mol. The van der Waals surface area contributed by atoms with E-state index in [-0.39, 0.29) is 5.91 Å². The van der Waals surface area contributed by atoms with Crippen LogP contribution in [0.25, 0.3) is 10.9 Å². The number of halogens is 1. The van der Waals surface area contributed by atoms with Crippen molar-refractivity contribution in [1.82, 2.24) is 4.98 Å². The van der Waals surface area contributed by atoms with Crippen LogP contribution in [0, 0.1) is 0 Å². The molecule has 33 heavy (non-hydrogen) atoms. The molecule has 3 aromatic carbocycles. The van der Waals surface area contributed by atoms with Crippen molar-refractivity contribution in [3.8, 4) is 23.0 Å². The smallest absolute Gasteiger partial charge is 0.224 e. The van der Waals surface area contributed by atoms with Crippen LogP contribution in [0.3, 0.4) is 0 Å². The van der Waals surface area contributed by atoms with Crippen molar-refractivity contribution in [2.24, 2.45) is 0 Å². The van der Waals surface area contributed by atoms with Gasteiger partial charge >= 0.3 is 0 Å². The minimum absolute atomic E-state index is 0.0507. The second-order valence-electron chi connectivity index (χ2n) is 7.33. The van der Waals surface area contributed by atoms with Crippen LogP contribution < -0.4 is 19.5 Å². The number of aryl methyl sites for hydroxylation is 1. The van der Waals surface area contributed by atoms with Crippen molar-refractivity contribution in [1.29, 1.82) is 0 Å². The van der Waals surface area contributed by atoms with E-state index >= 15 is 0 Å². The summed E-state index contributed by atoms with van der Waals surface area (Å²) in [7, 11) is 3.18. The first kappa shape index (κ1) is 22.4. The normalized spacial score (nSPS) is 10.6. The highest BCUT2D eigenvalue weighted by Crippen LogP contribution is 2.36. The molecule has 0 saturated carbocycles. The van der Waals surface area contributed by atoms with Crippen LogP contribution in [0.5, 0.6) is 23.0 Å². The van der Waals surface area contributed by atoms with E-state index in [1.54, 1.807) is 44.7 Å². The van der Waals surface area contributed by atoms with Gasteiger partial charge in [-0.25, -0.2) is 0 Å². The molecule has 7 heteroatoms. The molecule has 1 aromatic heterocycles. The second kappa shape index (κ2) is 10.2. The van der Waals surface area contributed by atoms with Gasteiger partial charge in [0.25, 0.3) is 0 Å². The first-order chi connectivity index (χ1) is 16.1. The molecule has 0 fully saturated rings. The summed E-state index contributed by atoms with van der Waals surface area (Å²) in [5, 5.41) is 4.32. The van der Waals surface area contributed by atoms with Crippen molar-refractivity contribution in [2.75, 3.05) is 19.5 Å². The molecule has 1 heterocycles. The SMILES string of the molecule is COc1cc2nccc(Oc3ccc(CCC(=O)Nc4ccc(Cl)cc4)cc3)c2cc1OC. The maximum absolute atomic E-state index is 12.2. The van der Waals surface area contributed by atoms with E-state index in [4.69, 9.17) is 25.8 Å². The van der Waals surface area contributed by atoms with Gasteiger partial charge in [0.15, 0.2) is 11.5 Å². The number of hydrogen-bond donors (Lipinski definition) is 1. The van der Waals surface area contributed by atoms with E-state index < -0.39 is 0 Å². The minimum atomic E-state index is -0.0507. The number of nitrogens with one attached hydrogen (secondary N) is 1. The topological polar surface area (TPSA) is 69.7 Å². The van der Waals surface area contributed by atoms with E-state index in [0.29, 0.717) is 40.9 Å². The number of nitrogens with zero attached hydrogens (tertiary/aromatic N) is 1. The van der Waals surface area contributed by atoms with Gasteiger partial charge in [0.1, 0.15) is 11.5 Å². The first-order valence-electron chi connectivity index (χ1n) is 10.4. The lowest BCUT2D eigenvalue weighted by Crippen LogP contribution is -2.12. The summed E-state index contributed by atoms with van der Waals surface area (Å²) < 4.78 is 16.9. The predicted octanol–water partition coefficient (Wildman–Crippen LogP) is 6.27. The quantitative estimate of drug-likeness (QED) is 0.334. The molecular weight excluding hydrogens is 440 g/mol. The van der Waals surface area contributed by atoms with Gasteiger partial charge in [0, 0.05) is 34.8 Å². The third-order valence-electron chi connectivity index (χ3n) is 5.13. The zero-order valence-corrected chi connectivity index (χ0v) is 19.1. The highest BCUT2D eigenvalue weighted by Gasteiger charge is 2.11. The van der Waals surface area contributed by atoms with Gasteiger partial charge in [0.2, 0.25) is 5.91 Å². The Balaban J connectivity index is 1.41. The number of aromatic nitrogens is 1. The van der Waals surface area contributed by atoms with Crippen LogP contribution in [-0.4, -0.2) is 25.1 Å². The zero-order chi connectivity index (χ0) is 23.2. The molecule has 0 unspecified atom stereocenters. The number of carbonyl (C=O) groups is 1. The van der Waals surface area contributed by atoms with Crippen LogP contribution in [0.15, 0.2) is 72.9 Å². The van der Waals surface area contributed by atoms with Crippen LogP contribution >= 0.6 is 11.6 Å². The number of pyridine rings is 1. The Morgan fingerprint density at radius 3 is 2.30 bits per heavy atom. The van der Waals surface area contributed by atoms with E-state index in [2.05, 4.69) is 10.3 Å². The molecule has 0 bridgehead atoms. The lowest BCUT2D eigenvalue weighted by atomic mass is 10.1. The molecule has 4 aromatic rings. The summed E-state index contributed by atoms with van der Waals surface area (Å²) in [6.45, 7) is 0. The summed E-state index contributed by atoms with van der Waals surface area (Å²) in [5.41, 5.74) is 2.51. The van der Waals surface area contributed by atoms with Crippen LogP contribution in [0.4, 0.5) is 5.69 Å². The average Bonchev–Trinajstić information content (AvgIpc) is 2.84. The summed E-state index contributed by atoms with van der Waals surface area (Å²) in [6, 6.07) is 20.2. The van der Waals surface area contributed by atoms with Crippen LogP contribution in [0.2, 0.25) is 5.02 Å². The summed E-state index contributed by atoms with van der Waals surface area (Å²) in [5.74, 6) is 2.52. The highest BCUT2D eigenvalue weighted by atomic mass is 35.5. The fourth-order valence-electron chi connectivity index (χ4n) is 3.40. The minimum Gasteiger partial charge on any atom is -0.493 e. The maximum Gasteiger partial charge on any atom is 0.224 e. The number of ether oxygens (including phenoxy) is 3. The summed E-state index contributed by atoms with van der Waals surface area (Å²) in [4.78, 5) is 16.6. The number of amides is 1.